The van der Waals surface area contributed by atoms with Crippen LogP contribution in [0.2, 0.25) is 0 Å². The minimum atomic E-state index is -0.538. The van der Waals surface area contributed by atoms with Crippen LogP contribution >= 0.6 is 11.6 Å². The van der Waals surface area contributed by atoms with Crippen molar-refractivity contribution in [3.8, 4) is 0 Å². The molecule has 1 saturated heterocycles. The molecule has 1 heterocycles. The number of nitrogens with zero attached hydrogens (tertiary/aromatic N) is 2. The van der Waals surface area contributed by atoms with Crippen molar-refractivity contribution in [3.05, 3.63) is 39.9 Å². The van der Waals surface area contributed by atoms with E-state index in [9.17, 15) is 19.7 Å². The maximum Gasteiger partial charge on any atom is 0.269 e. The quantitative estimate of drug-likeness (QED) is 0.363. The summed E-state index contributed by atoms with van der Waals surface area (Å²) < 4.78 is 0. The molecule has 1 fully saturated rings. The Morgan fingerprint density at radius 1 is 1.35 bits per heavy atom. The summed E-state index contributed by atoms with van der Waals surface area (Å²) in [5.41, 5.74) is 0.168. The van der Waals surface area contributed by atoms with Gasteiger partial charge in [0.15, 0.2) is 0 Å². The Kier molecular flexibility index (Phi) is 4.34. The lowest BCUT2D eigenvalue weighted by Gasteiger charge is -2.18. The number of benzene rings is 1. The van der Waals surface area contributed by atoms with Crippen molar-refractivity contribution in [1.29, 1.82) is 0 Å². The first-order valence-corrected chi connectivity index (χ1v) is 6.66. The fourth-order valence-corrected chi connectivity index (χ4v) is 2.38. The van der Waals surface area contributed by atoms with E-state index >= 15 is 0 Å². The number of carbonyl (C=O) groups excluding carboxylic acids is 2. The molecular weight excluding hydrogens is 284 g/mol. The Balaban J connectivity index is 2.17. The zero-order chi connectivity index (χ0) is 14.7. The molecule has 1 atom stereocenters. The molecule has 7 heteroatoms. The summed E-state index contributed by atoms with van der Waals surface area (Å²) in [6.07, 6.45) is 1.50. The molecule has 0 bridgehead atoms. The molecule has 1 unspecified atom stereocenters. The van der Waals surface area contributed by atoms with Crippen molar-refractivity contribution >= 4 is 29.1 Å². The normalized spacial score (nSPS) is 19.6. The van der Waals surface area contributed by atoms with Gasteiger partial charge < -0.3 is 0 Å². The number of amides is 2. The van der Waals surface area contributed by atoms with Crippen LogP contribution in [-0.2, 0) is 4.79 Å². The van der Waals surface area contributed by atoms with Crippen LogP contribution in [0.15, 0.2) is 24.3 Å². The number of nitro groups is 1. The Morgan fingerprint density at radius 3 is 2.60 bits per heavy atom. The molecular formula is C13H13ClN2O4. The van der Waals surface area contributed by atoms with Crippen LogP contribution in [0.3, 0.4) is 0 Å². The van der Waals surface area contributed by atoms with E-state index in [1.54, 1.807) is 0 Å². The molecule has 0 aromatic heterocycles. The van der Waals surface area contributed by atoms with Crippen molar-refractivity contribution in [2.24, 2.45) is 0 Å². The highest BCUT2D eigenvalue weighted by Gasteiger charge is 2.27. The molecule has 1 aromatic rings. The van der Waals surface area contributed by atoms with Gasteiger partial charge in [-0.1, -0.05) is 0 Å². The van der Waals surface area contributed by atoms with Crippen LogP contribution in [0, 0.1) is 10.1 Å². The second-order valence-corrected chi connectivity index (χ2v) is 5.22. The average Bonchev–Trinajstić information content (AvgIpc) is 2.58. The highest BCUT2D eigenvalue weighted by atomic mass is 35.5. The molecule has 0 N–H and O–H groups in total. The number of halogens is 1. The number of hydrogen-bond acceptors (Lipinski definition) is 4. The number of alkyl halides is 1. The molecule has 0 spiro atoms. The summed E-state index contributed by atoms with van der Waals surface area (Å²) in [6, 6.07) is 5.22. The lowest BCUT2D eigenvalue weighted by Crippen LogP contribution is -2.36. The van der Waals surface area contributed by atoms with Gasteiger partial charge in [-0.05, 0) is 25.0 Å². The number of hydrogen-bond donors (Lipinski definition) is 0. The number of imide groups is 1. The van der Waals surface area contributed by atoms with Crippen LogP contribution < -0.4 is 0 Å². The second-order valence-electron chi connectivity index (χ2n) is 4.60. The summed E-state index contributed by atoms with van der Waals surface area (Å²) in [6.45, 7) is 0.331. The monoisotopic (exact) mass is 296 g/mol. The Morgan fingerprint density at radius 2 is 2.00 bits per heavy atom. The lowest BCUT2D eigenvalue weighted by atomic mass is 10.1. The molecule has 0 radical (unpaired) electrons. The molecule has 106 valence electrons. The molecule has 0 saturated carbocycles. The van der Waals surface area contributed by atoms with Crippen molar-refractivity contribution in [3.63, 3.8) is 0 Å². The van der Waals surface area contributed by atoms with E-state index in [2.05, 4.69) is 0 Å². The number of carbonyl (C=O) groups is 2. The topological polar surface area (TPSA) is 80.5 Å². The smallest absolute Gasteiger partial charge is 0.269 e. The van der Waals surface area contributed by atoms with Crippen LogP contribution in [-0.4, -0.2) is 33.6 Å². The summed E-state index contributed by atoms with van der Waals surface area (Å²) in [5, 5.41) is 10.3. The first-order chi connectivity index (χ1) is 9.49. The predicted molar refractivity (Wildman–Crippen MR) is 72.6 cm³/mol. The zero-order valence-corrected chi connectivity index (χ0v) is 11.4. The van der Waals surface area contributed by atoms with Gasteiger partial charge in [0, 0.05) is 36.0 Å². The molecule has 1 aliphatic heterocycles. The maximum absolute atomic E-state index is 12.2. The standard InChI is InChI=1S/C13H13ClN2O4/c14-10-2-1-7-15(12(17)8-10)13(18)9-3-5-11(6-4-9)16(19)20/h3-6,10H,1-2,7-8H2. The van der Waals surface area contributed by atoms with Gasteiger partial charge in [0.1, 0.15) is 0 Å². The fourth-order valence-electron chi connectivity index (χ4n) is 2.09. The van der Waals surface area contributed by atoms with E-state index < -0.39 is 10.8 Å². The van der Waals surface area contributed by atoms with Gasteiger partial charge in [0.25, 0.3) is 11.6 Å². The van der Waals surface area contributed by atoms with Gasteiger partial charge in [-0.25, -0.2) is 0 Å². The fraction of sp³-hybridized carbons (Fsp3) is 0.385. The van der Waals surface area contributed by atoms with Crippen LogP contribution in [0.1, 0.15) is 29.6 Å². The van der Waals surface area contributed by atoms with Crippen LogP contribution in [0.4, 0.5) is 5.69 Å². The Labute approximate surface area is 120 Å². The van der Waals surface area contributed by atoms with Gasteiger partial charge >= 0.3 is 0 Å². The van der Waals surface area contributed by atoms with Crippen molar-refractivity contribution < 1.29 is 14.5 Å². The predicted octanol–water partition coefficient (Wildman–Crippen LogP) is 2.35. The highest BCUT2D eigenvalue weighted by Crippen LogP contribution is 2.20. The van der Waals surface area contributed by atoms with Crippen LogP contribution in [0.25, 0.3) is 0 Å². The number of nitro benzene ring substituents is 1. The molecule has 6 nitrogen and oxygen atoms in total. The molecule has 1 aromatic carbocycles. The van der Waals surface area contributed by atoms with Gasteiger partial charge in [-0.3, -0.25) is 24.6 Å². The van der Waals surface area contributed by atoms with Gasteiger partial charge in [0.2, 0.25) is 5.91 Å². The van der Waals surface area contributed by atoms with E-state index in [0.29, 0.717) is 19.4 Å². The first kappa shape index (κ1) is 14.5. The molecule has 2 rings (SSSR count). The Hall–Kier alpha value is -1.95. The van der Waals surface area contributed by atoms with Gasteiger partial charge in [0.05, 0.1) is 4.92 Å². The first-order valence-electron chi connectivity index (χ1n) is 6.22. The van der Waals surface area contributed by atoms with Gasteiger partial charge in [-0.15, -0.1) is 11.6 Å². The average molecular weight is 297 g/mol. The third-order valence-electron chi connectivity index (χ3n) is 3.17. The molecule has 20 heavy (non-hydrogen) atoms. The van der Waals surface area contributed by atoms with Crippen molar-refractivity contribution in [2.45, 2.75) is 24.6 Å². The van der Waals surface area contributed by atoms with Gasteiger partial charge in [-0.2, -0.15) is 0 Å². The molecule has 0 aliphatic carbocycles. The summed E-state index contributed by atoms with van der Waals surface area (Å²) >= 11 is 5.95. The molecule has 1 aliphatic rings. The van der Waals surface area contributed by atoms with E-state index in [1.165, 1.54) is 29.2 Å². The van der Waals surface area contributed by atoms with E-state index in [4.69, 9.17) is 11.6 Å². The summed E-state index contributed by atoms with van der Waals surface area (Å²) in [7, 11) is 0. The summed E-state index contributed by atoms with van der Waals surface area (Å²) in [5.74, 6) is -0.735. The maximum atomic E-state index is 12.2. The second kappa shape index (κ2) is 6.00. The SMILES string of the molecule is O=C1CC(Cl)CCCN1C(=O)c1ccc([N+](=O)[O-])cc1. The Bertz CT molecular complexity index is 544. The largest absolute Gasteiger partial charge is 0.278 e. The molecule has 2 amide bonds. The highest BCUT2D eigenvalue weighted by molar-refractivity contribution is 6.22. The number of non-ortho nitro benzene ring substituents is 1. The van der Waals surface area contributed by atoms with E-state index in [-0.39, 0.29) is 29.0 Å². The van der Waals surface area contributed by atoms with Crippen molar-refractivity contribution in [2.75, 3.05) is 6.54 Å². The third-order valence-corrected chi connectivity index (χ3v) is 3.54. The minimum absolute atomic E-state index is 0.0930. The van der Waals surface area contributed by atoms with E-state index in [1.807, 2.05) is 0 Å². The zero-order valence-electron chi connectivity index (χ0n) is 10.6. The minimum Gasteiger partial charge on any atom is -0.278 e. The number of likely N-dealkylation sites (tertiary alicyclic amines) is 1. The third kappa shape index (κ3) is 3.14. The van der Waals surface area contributed by atoms with E-state index in [0.717, 1.165) is 0 Å². The van der Waals surface area contributed by atoms with Crippen LogP contribution in [0.5, 0.6) is 0 Å². The lowest BCUT2D eigenvalue weighted by molar-refractivity contribution is -0.384. The summed E-state index contributed by atoms with van der Waals surface area (Å²) in [4.78, 5) is 35.4. The number of rotatable bonds is 2. The van der Waals surface area contributed by atoms with Crippen molar-refractivity contribution in [1.82, 2.24) is 4.90 Å².